The first-order valence-electron chi connectivity index (χ1n) is 4.91. The summed E-state index contributed by atoms with van der Waals surface area (Å²) in [6, 6.07) is 0.0307. The van der Waals surface area contributed by atoms with Crippen molar-refractivity contribution in [1.29, 1.82) is 0 Å². The third-order valence-corrected chi connectivity index (χ3v) is 3.02. The molecule has 84 valence electrons. The van der Waals surface area contributed by atoms with Crippen LogP contribution in [0.1, 0.15) is 17.6 Å². The van der Waals surface area contributed by atoms with E-state index in [2.05, 4.69) is 4.98 Å². The number of carbonyl (C=O) groups excluding carboxylic acids is 1. The SMILES string of the molecule is CCN(C)C(=O)N(C)Cc1csc(C)n1. The molecule has 1 rings (SSSR count). The summed E-state index contributed by atoms with van der Waals surface area (Å²) in [5.74, 6) is 0. The van der Waals surface area contributed by atoms with Crippen molar-refractivity contribution in [2.24, 2.45) is 0 Å². The summed E-state index contributed by atoms with van der Waals surface area (Å²) in [4.78, 5) is 19.4. The molecule has 0 aromatic carbocycles. The van der Waals surface area contributed by atoms with E-state index in [1.54, 1.807) is 35.2 Å². The summed E-state index contributed by atoms with van der Waals surface area (Å²) in [5.41, 5.74) is 0.956. The Morgan fingerprint density at radius 3 is 2.60 bits per heavy atom. The quantitative estimate of drug-likeness (QED) is 0.791. The molecule has 0 N–H and O–H groups in total. The average molecular weight is 227 g/mol. The van der Waals surface area contributed by atoms with Crippen LogP contribution in [0.2, 0.25) is 0 Å². The van der Waals surface area contributed by atoms with E-state index in [-0.39, 0.29) is 6.03 Å². The maximum Gasteiger partial charge on any atom is 0.319 e. The Bertz CT molecular complexity index is 337. The molecule has 0 radical (unpaired) electrons. The number of thiazole rings is 1. The predicted octanol–water partition coefficient (Wildman–Crippen LogP) is 1.96. The van der Waals surface area contributed by atoms with Crippen LogP contribution in [0.15, 0.2) is 5.38 Å². The number of hydrogen-bond acceptors (Lipinski definition) is 3. The van der Waals surface area contributed by atoms with Crippen LogP contribution in [0.25, 0.3) is 0 Å². The molecule has 4 nitrogen and oxygen atoms in total. The monoisotopic (exact) mass is 227 g/mol. The van der Waals surface area contributed by atoms with Crippen LogP contribution in [0.5, 0.6) is 0 Å². The van der Waals surface area contributed by atoms with Crippen molar-refractivity contribution in [3.8, 4) is 0 Å². The zero-order valence-corrected chi connectivity index (χ0v) is 10.5. The van der Waals surface area contributed by atoms with Gasteiger partial charge in [-0.15, -0.1) is 11.3 Å². The zero-order chi connectivity index (χ0) is 11.4. The Morgan fingerprint density at radius 2 is 2.13 bits per heavy atom. The number of urea groups is 1. The van der Waals surface area contributed by atoms with E-state index in [0.29, 0.717) is 6.54 Å². The number of nitrogens with zero attached hydrogens (tertiary/aromatic N) is 3. The van der Waals surface area contributed by atoms with Gasteiger partial charge in [-0.2, -0.15) is 0 Å². The third kappa shape index (κ3) is 3.20. The van der Waals surface area contributed by atoms with Gasteiger partial charge in [-0.1, -0.05) is 0 Å². The van der Waals surface area contributed by atoms with Crippen molar-refractivity contribution in [2.75, 3.05) is 20.6 Å². The highest BCUT2D eigenvalue weighted by Gasteiger charge is 2.13. The molecule has 0 atom stereocenters. The molecular formula is C10H17N3OS. The Morgan fingerprint density at radius 1 is 1.47 bits per heavy atom. The van der Waals surface area contributed by atoms with Crippen molar-refractivity contribution in [3.63, 3.8) is 0 Å². The minimum absolute atomic E-state index is 0.0307. The maximum absolute atomic E-state index is 11.7. The molecule has 0 fully saturated rings. The fourth-order valence-corrected chi connectivity index (χ4v) is 1.82. The first-order chi connectivity index (χ1) is 7.04. The Kier molecular flexibility index (Phi) is 4.08. The first kappa shape index (κ1) is 12.0. The van der Waals surface area contributed by atoms with Crippen LogP contribution < -0.4 is 0 Å². The minimum atomic E-state index is 0.0307. The normalized spacial score (nSPS) is 10.1. The Labute approximate surface area is 94.5 Å². The number of aromatic nitrogens is 1. The lowest BCUT2D eigenvalue weighted by atomic mass is 10.4. The summed E-state index contributed by atoms with van der Waals surface area (Å²) < 4.78 is 0. The third-order valence-electron chi connectivity index (χ3n) is 2.19. The molecule has 0 saturated carbocycles. The number of aryl methyl sites for hydroxylation is 1. The van der Waals surface area contributed by atoms with Crippen LogP contribution >= 0.6 is 11.3 Å². The number of amides is 2. The molecule has 1 heterocycles. The van der Waals surface area contributed by atoms with E-state index in [1.165, 1.54) is 0 Å². The summed E-state index contributed by atoms with van der Waals surface area (Å²) in [6.45, 7) is 5.22. The number of carbonyl (C=O) groups is 1. The van der Waals surface area contributed by atoms with Crippen LogP contribution in [0, 0.1) is 6.92 Å². The van der Waals surface area contributed by atoms with Crippen molar-refractivity contribution in [3.05, 3.63) is 16.1 Å². The first-order valence-corrected chi connectivity index (χ1v) is 5.79. The summed E-state index contributed by atoms with van der Waals surface area (Å²) >= 11 is 1.61. The molecule has 0 aliphatic heterocycles. The number of rotatable bonds is 3. The molecule has 0 aliphatic carbocycles. The van der Waals surface area contributed by atoms with Crippen LogP contribution in [0.3, 0.4) is 0 Å². The van der Waals surface area contributed by atoms with Gasteiger partial charge in [-0.25, -0.2) is 9.78 Å². The zero-order valence-electron chi connectivity index (χ0n) is 9.65. The van der Waals surface area contributed by atoms with Gasteiger partial charge in [-0.3, -0.25) is 0 Å². The van der Waals surface area contributed by atoms with E-state index in [1.807, 2.05) is 19.2 Å². The van der Waals surface area contributed by atoms with Crippen LogP contribution in [-0.2, 0) is 6.54 Å². The fraction of sp³-hybridized carbons (Fsp3) is 0.600. The van der Waals surface area contributed by atoms with E-state index in [0.717, 1.165) is 17.2 Å². The minimum Gasteiger partial charge on any atom is -0.328 e. The lowest BCUT2D eigenvalue weighted by Gasteiger charge is -2.22. The largest absolute Gasteiger partial charge is 0.328 e. The standard InChI is InChI=1S/C10H17N3OS/c1-5-12(3)10(14)13(4)6-9-7-15-8(2)11-9/h7H,5-6H2,1-4H3. The van der Waals surface area contributed by atoms with E-state index >= 15 is 0 Å². The lowest BCUT2D eigenvalue weighted by molar-refractivity contribution is 0.173. The predicted molar refractivity (Wildman–Crippen MR) is 62.0 cm³/mol. The molecule has 1 aromatic heterocycles. The van der Waals surface area contributed by atoms with Gasteiger partial charge >= 0.3 is 6.03 Å². The van der Waals surface area contributed by atoms with E-state index < -0.39 is 0 Å². The molecule has 15 heavy (non-hydrogen) atoms. The summed E-state index contributed by atoms with van der Waals surface area (Å²) in [6.07, 6.45) is 0. The highest BCUT2D eigenvalue weighted by atomic mass is 32.1. The van der Waals surface area contributed by atoms with Crippen molar-refractivity contribution in [1.82, 2.24) is 14.8 Å². The fourth-order valence-electron chi connectivity index (χ4n) is 1.22. The van der Waals surface area contributed by atoms with Gasteiger partial charge in [0.1, 0.15) is 0 Å². The lowest BCUT2D eigenvalue weighted by Crippen LogP contribution is -2.38. The van der Waals surface area contributed by atoms with Gasteiger partial charge in [0.15, 0.2) is 0 Å². The molecule has 0 saturated heterocycles. The smallest absolute Gasteiger partial charge is 0.319 e. The van der Waals surface area contributed by atoms with Crippen molar-refractivity contribution in [2.45, 2.75) is 20.4 Å². The molecule has 0 aliphatic rings. The van der Waals surface area contributed by atoms with Gasteiger partial charge in [0.05, 0.1) is 17.2 Å². The molecule has 0 unspecified atom stereocenters. The second-order valence-electron chi connectivity index (χ2n) is 3.51. The second kappa shape index (κ2) is 5.11. The van der Waals surface area contributed by atoms with Crippen molar-refractivity contribution < 1.29 is 4.79 Å². The molecule has 5 heteroatoms. The second-order valence-corrected chi connectivity index (χ2v) is 4.57. The van der Waals surface area contributed by atoms with Gasteiger partial charge in [0.25, 0.3) is 0 Å². The molecular weight excluding hydrogens is 210 g/mol. The molecule has 0 bridgehead atoms. The summed E-state index contributed by atoms with van der Waals surface area (Å²) in [7, 11) is 3.59. The highest BCUT2D eigenvalue weighted by Crippen LogP contribution is 2.10. The maximum atomic E-state index is 11.7. The van der Waals surface area contributed by atoms with Gasteiger partial charge in [-0.05, 0) is 13.8 Å². The molecule has 2 amide bonds. The number of hydrogen-bond donors (Lipinski definition) is 0. The summed E-state index contributed by atoms with van der Waals surface area (Å²) in [5, 5.41) is 3.03. The van der Waals surface area contributed by atoms with E-state index in [4.69, 9.17) is 0 Å². The van der Waals surface area contributed by atoms with E-state index in [9.17, 15) is 4.79 Å². The molecule has 1 aromatic rings. The average Bonchev–Trinajstić information content (AvgIpc) is 2.61. The molecule has 0 spiro atoms. The highest BCUT2D eigenvalue weighted by molar-refractivity contribution is 7.09. The topological polar surface area (TPSA) is 36.4 Å². The van der Waals surface area contributed by atoms with Crippen LogP contribution in [0.4, 0.5) is 4.79 Å². The van der Waals surface area contributed by atoms with Gasteiger partial charge in [0, 0.05) is 26.0 Å². The Hall–Kier alpha value is -1.10. The Balaban J connectivity index is 2.55. The van der Waals surface area contributed by atoms with Crippen LogP contribution in [-0.4, -0.2) is 41.5 Å². The van der Waals surface area contributed by atoms with Gasteiger partial charge in [0.2, 0.25) is 0 Å². The van der Waals surface area contributed by atoms with Gasteiger partial charge < -0.3 is 9.80 Å². The van der Waals surface area contributed by atoms with Crippen molar-refractivity contribution >= 4 is 17.4 Å².